The number of H-pyrrole nitrogens is 1. The molecular formula is C11H7N5O3. The zero-order chi connectivity index (χ0) is 13.8. The van der Waals surface area contributed by atoms with Gasteiger partial charge in [-0.1, -0.05) is 6.07 Å². The lowest BCUT2D eigenvalue weighted by Gasteiger charge is -2.02. The highest BCUT2D eigenvalue weighted by Crippen LogP contribution is 2.15. The van der Waals surface area contributed by atoms with Gasteiger partial charge in [-0.2, -0.15) is 10.4 Å². The molecule has 94 valence electrons. The predicted octanol–water partition coefficient (Wildman–Crippen LogP) is 1.44. The first-order valence-corrected chi connectivity index (χ1v) is 5.11. The van der Waals surface area contributed by atoms with Crippen LogP contribution in [-0.2, 0) is 0 Å². The standard InChI is InChI=1S/C11H7N5O3/c12-5-8-6-13-15-10(8)14-11(17)7-2-1-3-9(4-7)16(18)19/h1-4,6H,(H2,13,14,15,17). The van der Waals surface area contributed by atoms with Crippen LogP contribution in [0.25, 0.3) is 0 Å². The number of non-ortho nitro benzene ring substituents is 1. The van der Waals surface area contributed by atoms with Crippen molar-refractivity contribution in [2.45, 2.75) is 0 Å². The van der Waals surface area contributed by atoms with Crippen molar-refractivity contribution in [2.75, 3.05) is 5.32 Å². The average Bonchev–Trinajstić information content (AvgIpc) is 2.86. The van der Waals surface area contributed by atoms with Crippen molar-refractivity contribution in [1.82, 2.24) is 10.2 Å². The second-order valence-electron chi connectivity index (χ2n) is 3.53. The van der Waals surface area contributed by atoms with Gasteiger partial charge >= 0.3 is 0 Å². The number of rotatable bonds is 3. The molecule has 19 heavy (non-hydrogen) atoms. The van der Waals surface area contributed by atoms with Crippen LogP contribution in [0.15, 0.2) is 30.5 Å². The number of aromatic amines is 1. The van der Waals surface area contributed by atoms with E-state index in [-0.39, 0.29) is 22.6 Å². The topological polar surface area (TPSA) is 125 Å². The van der Waals surface area contributed by atoms with Crippen LogP contribution in [0.3, 0.4) is 0 Å². The number of amides is 1. The summed E-state index contributed by atoms with van der Waals surface area (Å²) >= 11 is 0. The molecule has 8 heteroatoms. The Balaban J connectivity index is 2.23. The number of aromatic nitrogens is 2. The largest absolute Gasteiger partial charge is 0.306 e. The molecule has 2 aromatic rings. The van der Waals surface area contributed by atoms with Gasteiger partial charge in [-0.25, -0.2) is 0 Å². The molecule has 8 nitrogen and oxygen atoms in total. The lowest BCUT2D eigenvalue weighted by atomic mass is 10.2. The third kappa shape index (κ3) is 2.55. The molecular weight excluding hydrogens is 250 g/mol. The quantitative estimate of drug-likeness (QED) is 0.635. The van der Waals surface area contributed by atoms with Gasteiger partial charge in [0.2, 0.25) is 0 Å². The molecule has 2 rings (SSSR count). The van der Waals surface area contributed by atoms with Gasteiger partial charge in [0.15, 0.2) is 0 Å². The summed E-state index contributed by atoms with van der Waals surface area (Å²) in [5, 5.41) is 27.9. The Bertz CT molecular complexity index is 686. The van der Waals surface area contributed by atoms with Gasteiger partial charge in [-0.3, -0.25) is 20.0 Å². The van der Waals surface area contributed by atoms with Crippen LogP contribution in [0.2, 0.25) is 0 Å². The summed E-state index contributed by atoms with van der Waals surface area (Å²) in [6, 6.07) is 7.12. The minimum atomic E-state index is -0.590. The van der Waals surface area contributed by atoms with Crippen molar-refractivity contribution in [2.24, 2.45) is 0 Å². The van der Waals surface area contributed by atoms with Crippen LogP contribution in [0, 0.1) is 21.4 Å². The third-order valence-electron chi connectivity index (χ3n) is 2.32. The van der Waals surface area contributed by atoms with Crippen LogP contribution in [-0.4, -0.2) is 21.0 Å². The summed E-state index contributed by atoms with van der Waals surface area (Å²) in [5.74, 6) is -0.413. The Hall–Kier alpha value is -3.21. The second kappa shape index (κ2) is 4.97. The number of carbonyl (C=O) groups excluding carboxylic acids is 1. The molecule has 0 aliphatic heterocycles. The molecule has 0 saturated heterocycles. The molecule has 0 aliphatic carbocycles. The molecule has 1 heterocycles. The first-order chi connectivity index (χ1) is 9.11. The molecule has 0 saturated carbocycles. The zero-order valence-electron chi connectivity index (χ0n) is 9.45. The van der Waals surface area contributed by atoms with E-state index in [0.717, 1.165) is 6.07 Å². The van der Waals surface area contributed by atoms with Crippen molar-refractivity contribution >= 4 is 17.4 Å². The molecule has 0 aliphatic rings. The van der Waals surface area contributed by atoms with Gasteiger partial charge in [-0.15, -0.1) is 0 Å². The summed E-state index contributed by atoms with van der Waals surface area (Å²) in [4.78, 5) is 21.9. The molecule has 0 spiro atoms. The number of hydrogen-bond donors (Lipinski definition) is 2. The fourth-order valence-corrected chi connectivity index (χ4v) is 1.41. The highest BCUT2D eigenvalue weighted by atomic mass is 16.6. The maximum atomic E-state index is 11.9. The number of nitrogens with one attached hydrogen (secondary N) is 2. The lowest BCUT2D eigenvalue weighted by molar-refractivity contribution is -0.384. The van der Waals surface area contributed by atoms with Gasteiger partial charge < -0.3 is 5.32 Å². The smallest absolute Gasteiger partial charge is 0.270 e. The van der Waals surface area contributed by atoms with Crippen molar-refractivity contribution in [3.8, 4) is 6.07 Å². The number of nitro groups is 1. The number of anilines is 1. The number of carbonyl (C=O) groups is 1. The highest BCUT2D eigenvalue weighted by molar-refractivity contribution is 6.04. The van der Waals surface area contributed by atoms with E-state index in [2.05, 4.69) is 15.5 Å². The van der Waals surface area contributed by atoms with E-state index in [9.17, 15) is 14.9 Å². The van der Waals surface area contributed by atoms with E-state index in [1.165, 1.54) is 24.4 Å². The second-order valence-corrected chi connectivity index (χ2v) is 3.53. The van der Waals surface area contributed by atoms with Crippen LogP contribution in [0.1, 0.15) is 15.9 Å². The molecule has 1 aromatic carbocycles. The molecule has 0 bridgehead atoms. The fraction of sp³-hybridized carbons (Fsp3) is 0. The fourth-order valence-electron chi connectivity index (χ4n) is 1.41. The number of nitro benzene ring substituents is 1. The summed E-state index contributed by atoms with van der Waals surface area (Å²) < 4.78 is 0. The van der Waals surface area contributed by atoms with E-state index in [1.54, 1.807) is 0 Å². The Morgan fingerprint density at radius 1 is 1.53 bits per heavy atom. The normalized spacial score (nSPS) is 9.63. The Morgan fingerprint density at radius 3 is 3.00 bits per heavy atom. The third-order valence-corrected chi connectivity index (χ3v) is 2.32. The molecule has 0 unspecified atom stereocenters. The van der Waals surface area contributed by atoms with Gasteiger partial charge in [0.1, 0.15) is 17.5 Å². The summed E-state index contributed by atoms with van der Waals surface area (Å²) in [5.41, 5.74) is 0.115. The van der Waals surface area contributed by atoms with Crippen molar-refractivity contribution < 1.29 is 9.72 Å². The lowest BCUT2D eigenvalue weighted by Crippen LogP contribution is -2.13. The maximum Gasteiger partial charge on any atom is 0.270 e. The number of hydrogen-bond acceptors (Lipinski definition) is 5. The molecule has 0 atom stereocenters. The maximum absolute atomic E-state index is 11.9. The van der Waals surface area contributed by atoms with Gasteiger partial charge in [0.05, 0.1) is 11.1 Å². The van der Waals surface area contributed by atoms with Gasteiger partial charge in [0, 0.05) is 17.7 Å². The van der Waals surface area contributed by atoms with Gasteiger partial charge in [-0.05, 0) is 6.07 Å². The Kier molecular flexibility index (Phi) is 3.20. The Labute approximate surface area is 106 Å². The van der Waals surface area contributed by atoms with Gasteiger partial charge in [0.25, 0.3) is 11.6 Å². The van der Waals surface area contributed by atoms with Crippen molar-refractivity contribution in [3.05, 3.63) is 51.7 Å². The van der Waals surface area contributed by atoms with E-state index < -0.39 is 10.8 Å². The number of nitriles is 1. The van der Waals surface area contributed by atoms with Crippen LogP contribution in [0.5, 0.6) is 0 Å². The highest BCUT2D eigenvalue weighted by Gasteiger charge is 2.13. The SMILES string of the molecule is N#Cc1cn[nH]c1NC(=O)c1cccc([N+](=O)[O-])c1. The average molecular weight is 257 g/mol. The minimum absolute atomic E-state index is 0.118. The summed E-state index contributed by atoms with van der Waals surface area (Å²) in [6.45, 7) is 0. The van der Waals surface area contributed by atoms with E-state index in [4.69, 9.17) is 5.26 Å². The number of nitrogens with zero attached hydrogens (tertiary/aromatic N) is 3. The first-order valence-electron chi connectivity index (χ1n) is 5.11. The molecule has 0 fully saturated rings. The van der Waals surface area contributed by atoms with Crippen LogP contribution >= 0.6 is 0 Å². The Morgan fingerprint density at radius 2 is 2.32 bits per heavy atom. The minimum Gasteiger partial charge on any atom is -0.306 e. The molecule has 1 aromatic heterocycles. The van der Waals surface area contributed by atoms with Crippen LogP contribution < -0.4 is 5.32 Å². The molecule has 2 N–H and O–H groups in total. The van der Waals surface area contributed by atoms with E-state index in [1.807, 2.05) is 6.07 Å². The number of benzene rings is 1. The summed E-state index contributed by atoms with van der Waals surface area (Å²) in [6.07, 6.45) is 1.27. The van der Waals surface area contributed by atoms with Crippen LogP contribution in [0.4, 0.5) is 11.5 Å². The van der Waals surface area contributed by atoms with E-state index in [0.29, 0.717) is 0 Å². The zero-order valence-corrected chi connectivity index (χ0v) is 9.45. The van der Waals surface area contributed by atoms with Crippen molar-refractivity contribution in [3.63, 3.8) is 0 Å². The molecule has 1 amide bonds. The van der Waals surface area contributed by atoms with Crippen molar-refractivity contribution in [1.29, 1.82) is 5.26 Å². The first kappa shape index (κ1) is 12.3. The predicted molar refractivity (Wildman–Crippen MR) is 64.4 cm³/mol. The van der Waals surface area contributed by atoms with E-state index >= 15 is 0 Å². The monoisotopic (exact) mass is 257 g/mol. The molecule has 0 radical (unpaired) electrons. The summed E-state index contributed by atoms with van der Waals surface area (Å²) in [7, 11) is 0.